The molecule has 1 aromatic heterocycles. The Balaban J connectivity index is 2.24. The van der Waals surface area contributed by atoms with Gasteiger partial charge in [-0.25, -0.2) is 0 Å². The van der Waals surface area contributed by atoms with E-state index in [1.54, 1.807) is 4.68 Å². The molecule has 5 nitrogen and oxygen atoms in total. The zero-order valence-electron chi connectivity index (χ0n) is 8.54. The van der Waals surface area contributed by atoms with Crippen molar-refractivity contribution in [1.29, 1.82) is 0 Å². The van der Waals surface area contributed by atoms with Crippen molar-refractivity contribution in [3.8, 4) is 0 Å². The lowest BCUT2D eigenvalue weighted by molar-refractivity contribution is 0.265. The number of hydrogen-bond donors (Lipinski definition) is 3. The monoisotopic (exact) mass is 196 g/mol. The maximum absolute atomic E-state index is 9.17. The van der Waals surface area contributed by atoms with Gasteiger partial charge in [-0.1, -0.05) is 0 Å². The summed E-state index contributed by atoms with van der Waals surface area (Å²) in [6.07, 6.45) is 1.99. The van der Waals surface area contributed by atoms with E-state index >= 15 is 0 Å². The minimum absolute atomic E-state index is 0.144. The molecule has 1 aliphatic rings. The SMILES string of the molecule is Cc1nn(C)c(NC2(CO)CC2)c1N. The summed E-state index contributed by atoms with van der Waals surface area (Å²) in [4.78, 5) is 0. The summed E-state index contributed by atoms with van der Waals surface area (Å²) < 4.78 is 1.72. The van der Waals surface area contributed by atoms with Gasteiger partial charge in [0, 0.05) is 7.05 Å². The molecule has 1 saturated carbocycles. The van der Waals surface area contributed by atoms with E-state index in [1.165, 1.54) is 0 Å². The summed E-state index contributed by atoms with van der Waals surface area (Å²) in [6.45, 7) is 2.02. The number of nitrogens with zero attached hydrogens (tertiary/aromatic N) is 2. The fourth-order valence-electron chi connectivity index (χ4n) is 1.55. The van der Waals surface area contributed by atoms with E-state index in [9.17, 15) is 5.11 Å². The molecule has 0 spiro atoms. The summed E-state index contributed by atoms with van der Waals surface area (Å²) in [5.74, 6) is 0.814. The lowest BCUT2D eigenvalue weighted by atomic mass is 10.3. The molecule has 14 heavy (non-hydrogen) atoms. The van der Waals surface area contributed by atoms with Crippen molar-refractivity contribution in [2.75, 3.05) is 17.7 Å². The van der Waals surface area contributed by atoms with E-state index in [0.717, 1.165) is 24.4 Å². The molecule has 78 valence electrons. The molecule has 4 N–H and O–H groups in total. The smallest absolute Gasteiger partial charge is 0.148 e. The summed E-state index contributed by atoms with van der Waals surface area (Å²) in [5, 5.41) is 16.6. The number of nitrogens with two attached hydrogens (primary N) is 1. The number of hydrogen-bond acceptors (Lipinski definition) is 4. The molecule has 1 aromatic rings. The Kier molecular flexibility index (Phi) is 1.92. The normalized spacial score (nSPS) is 18.2. The second kappa shape index (κ2) is 2.88. The maximum atomic E-state index is 9.17. The van der Waals surface area contributed by atoms with Gasteiger partial charge >= 0.3 is 0 Å². The highest BCUT2D eigenvalue weighted by molar-refractivity contribution is 5.66. The number of anilines is 2. The topological polar surface area (TPSA) is 76.1 Å². The van der Waals surface area contributed by atoms with Gasteiger partial charge in [-0.15, -0.1) is 0 Å². The van der Waals surface area contributed by atoms with Crippen LogP contribution in [-0.2, 0) is 7.05 Å². The van der Waals surface area contributed by atoms with Crippen molar-refractivity contribution in [2.24, 2.45) is 7.05 Å². The summed E-state index contributed by atoms with van der Waals surface area (Å²) in [6, 6.07) is 0. The highest BCUT2D eigenvalue weighted by atomic mass is 16.3. The Morgan fingerprint density at radius 2 is 2.29 bits per heavy atom. The van der Waals surface area contributed by atoms with Gasteiger partial charge < -0.3 is 16.2 Å². The number of aryl methyl sites for hydroxylation is 2. The molecule has 0 aromatic carbocycles. The standard InChI is InChI=1S/C9H16N4O/c1-6-7(10)8(13(2)12-6)11-9(5-14)3-4-9/h11,14H,3-5,10H2,1-2H3. The van der Waals surface area contributed by atoms with Crippen molar-refractivity contribution in [1.82, 2.24) is 9.78 Å². The van der Waals surface area contributed by atoms with E-state index < -0.39 is 0 Å². The molecule has 0 atom stereocenters. The molecule has 0 aliphatic heterocycles. The fraction of sp³-hybridized carbons (Fsp3) is 0.667. The van der Waals surface area contributed by atoms with Crippen LogP contribution in [0.15, 0.2) is 0 Å². The molecular formula is C9H16N4O. The van der Waals surface area contributed by atoms with Gasteiger partial charge in [-0.3, -0.25) is 4.68 Å². The zero-order valence-corrected chi connectivity index (χ0v) is 8.54. The summed E-state index contributed by atoms with van der Waals surface area (Å²) >= 11 is 0. The minimum Gasteiger partial charge on any atom is -0.394 e. The highest BCUT2D eigenvalue weighted by Crippen LogP contribution is 2.39. The Morgan fingerprint density at radius 3 is 2.64 bits per heavy atom. The Morgan fingerprint density at radius 1 is 1.64 bits per heavy atom. The minimum atomic E-state index is -0.144. The number of nitrogen functional groups attached to an aromatic ring is 1. The van der Waals surface area contributed by atoms with Crippen molar-refractivity contribution < 1.29 is 5.11 Å². The van der Waals surface area contributed by atoms with Crippen LogP contribution in [-0.4, -0.2) is 27.0 Å². The van der Waals surface area contributed by atoms with Crippen LogP contribution < -0.4 is 11.1 Å². The van der Waals surface area contributed by atoms with Crippen molar-refractivity contribution in [2.45, 2.75) is 25.3 Å². The second-order valence-electron chi connectivity index (χ2n) is 4.03. The molecule has 0 bridgehead atoms. The quantitative estimate of drug-likeness (QED) is 0.647. The first-order chi connectivity index (χ1) is 6.58. The molecule has 0 saturated heterocycles. The molecule has 0 radical (unpaired) electrons. The van der Waals surface area contributed by atoms with Crippen LogP contribution >= 0.6 is 0 Å². The van der Waals surface area contributed by atoms with E-state index in [2.05, 4.69) is 10.4 Å². The predicted molar refractivity (Wildman–Crippen MR) is 55.0 cm³/mol. The first-order valence-electron chi connectivity index (χ1n) is 4.76. The van der Waals surface area contributed by atoms with Gasteiger partial charge in [0.25, 0.3) is 0 Å². The van der Waals surface area contributed by atoms with Crippen LogP contribution in [0.25, 0.3) is 0 Å². The number of aliphatic hydroxyl groups is 1. The average Bonchev–Trinajstić information content (AvgIpc) is 2.88. The summed E-state index contributed by atoms with van der Waals surface area (Å²) in [5.41, 5.74) is 7.22. The number of nitrogens with one attached hydrogen (secondary N) is 1. The average molecular weight is 196 g/mol. The van der Waals surface area contributed by atoms with Gasteiger partial charge in [-0.2, -0.15) is 5.10 Å². The van der Waals surface area contributed by atoms with E-state index in [1.807, 2.05) is 14.0 Å². The largest absolute Gasteiger partial charge is 0.394 e. The third kappa shape index (κ3) is 1.33. The van der Waals surface area contributed by atoms with Crippen LogP contribution in [0.4, 0.5) is 11.5 Å². The number of rotatable bonds is 3. The van der Waals surface area contributed by atoms with Crippen LogP contribution in [0.2, 0.25) is 0 Å². The summed E-state index contributed by atoms with van der Waals surface area (Å²) in [7, 11) is 1.85. The van der Waals surface area contributed by atoms with Crippen molar-refractivity contribution in [3.63, 3.8) is 0 Å². The van der Waals surface area contributed by atoms with E-state index in [0.29, 0.717) is 5.69 Å². The van der Waals surface area contributed by atoms with E-state index in [-0.39, 0.29) is 12.1 Å². The number of aliphatic hydroxyl groups excluding tert-OH is 1. The molecule has 5 heteroatoms. The Hall–Kier alpha value is -1.23. The van der Waals surface area contributed by atoms with Crippen LogP contribution in [0, 0.1) is 6.92 Å². The number of aromatic nitrogens is 2. The fourth-order valence-corrected chi connectivity index (χ4v) is 1.55. The molecular weight excluding hydrogens is 180 g/mol. The molecule has 2 rings (SSSR count). The van der Waals surface area contributed by atoms with Crippen LogP contribution in [0.1, 0.15) is 18.5 Å². The molecule has 1 heterocycles. The predicted octanol–water partition coefficient (Wildman–Crippen LogP) is 0.248. The lowest BCUT2D eigenvalue weighted by Crippen LogP contribution is -2.27. The Labute approximate surface area is 82.9 Å². The molecule has 1 aliphatic carbocycles. The molecule has 0 unspecified atom stereocenters. The van der Waals surface area contributed by atoms with Crippen molar-refractivity contribution >= 4 is 11.5 Å². The van der Waals surface area contributed by atoms with Gasteiger partial charge in [-0.05, 0) is 19.8 Å². The van der Waals surface area contributed by atoms with Gasteiger partial charge in [0.2, 0.25) is 0 Å². The second-order valence-corrected chi connectivity index (χ2v) is 4.03. The first-order valence-corrected chi connectivity index (χ1v) is 4.76. The van der Waals surface area contributed by atoms with Crippen LogP contribution in [0.3, 0.4) is 0 Å². The van der Waals surface area contributed by atoms with Gasteiger partial charge in [0.05, 0.1) is 23.5 Å². The molecule has 1 fully saturated rings. The highest BCUT2D eigenvalue weighted by Gasteiger charge is 2.43. The van der Waals surface area contributed by atoms with Gasteiger partial charge in [0.1, 0.15) is 5.82 Å². The zero-order chi connectivity index (χ0) is 10.3. The Bertz CT molecular complexity index is 354. The first kappa shape index (κ1) is 9.33. The maximum Gasteiger partial charge on any atom is 0.148 e. The van der Waals surface area contributed by atoms with Crippen LogP contribution in [0.5, 0.6) is 0 Å². The third-order valence-electron chi connectivity index (χ3n) is 2.81. The van der Waals surface area contributed by atoms with Gasteiger partial charge in [0.15, 0.2) is 0 Å². The van der Waals surface area contributed by atoms with Crippen molar-refractivity contribution in [3.05, 3.63) is 5.69 Å². The lowest BCUT2D eigenvalue weighted by Gasteiger charge is -2.16. The molecule has 0 amide bonds. The third-order valence-corrected chi connectivity index (χ3v) is 2.81. The van der Waals surface area contributed by atoms with E-state index in [4.69, 9.17) is 5.73 Å².